The molecule has 2 heterocycles. The zero-order valence-corrected chi connectivity index (χ0v) is 29.9. The van der Waals surface area contributed by atoms with E-state index in [1.54, 1.807) is 69.5 Å². The molecule has 0 bridgehead atoms. The predicted molar refractivity (Wildman–Crippen MR) is 183 cm³/mol. The third kappa shape index (κ3) is 11.3. The largest absolute Gasteiger partial charge is 0.457 e. The van der Waals surface area contributed by atoms with E-state index in [1.165, 1.54) is 32.9 Å². The molecule has 3 rings (SSSR count). The van der Waals surface area contributed by atoms with Gasteiger partial charge >= 0.3 is 11.9 Å². The Kier molecular flexibility index (Phi) is 14.3. The van der Waals surface area contributed by atoms with E-state index >= 15 is 4.39 Å². The summed E-state index contributed by atoms with van der Waals surface area (Å²) in [6, 6.07) is 7.55. The standard InChI is InChI=1S/C38H54FNO9/c1-9-29(46-8)25(4)33-34(49-33)35(40-36(44)27-15-11-10-12-16-27)37(6,39)20-13-14-23(2)32-24(3)17-18-30(47-26(5)41)38(7,45)21-19-28(42)22-31(43)48-32/h10-18,20,24-25,28-30,32-35,42,45H,9,19,21-22H2,1-8H3,(H,40,44). The molecule has 0 radical (unpaired) electrons. The summed E-state index contributed by atoms with van der Waals surface area (Å²) in [6.07, 6.45) is 4.47. The number of epoxide rings is 1. The normalized spacial score (nSPS) is 31.3. The minimum absolute atomic E-state index is 0.0361. The van der Waals surface area contributed by atoms with Gasteiger partial charge < -0.3 is 34.5 Å². The number of esters is 2. The van der Waals surface area contributed by atoms with E-state index in [2.05, 4.69) is 5.32 Å². The van der Waals surface area contributed by atoms with E-state index in [-0.39, 0.29) is 37.4 Å². The van der Waals surface area contributed by atoms with Gasteiger partial charge in [-0.1, -0.05) is 57.2 Å². The quantitative estimate of drug-likeness (QED) is 0.117. The predicted octanol–water partition coefficient (Wildman–Crippen LogP) is 5.18. The molecule has 11 unspecified atom stereocenters. The zero-order chi connectivity index (χ0) is 36.5. The van der Waals surface area contributed by atoms with Gasteiger partial charge in [-0.3, -0.25) is 14.4 Å². The first-order valence-corrected chi connectivity index (χ1v) is 17.0. The minimum atomic E-state index is -2.06. The summed E-state index contributed by atoms with van der Waals surface area (Å²) in [5.74, 6) is -2.12. The number of methoxy groups -OCH3 is 1. The van der Waals surface area contributed by atoms with Crippen LogP contribution >= 0.6 is 0 Å². The van der Waals surface area contributed by atoms with Gasteiger partial charge in [-0.15, -0.1) is 0 Å². The first-order chi connectivity index (χ1) is 23.0. The number of carbonyl (C=O) groups excluding carboxylic acids is 3. The molecule has 1 amide bonds. The van der Waals surface area contributed by atoms with Crippen molar-refractivity contribution in [2.75, 3.05) is 7.11 Å². The Bertz CT molecular complexity index is 1350. The van der Waals surface area contributed by atoms with Crippen LogP contribution < -0.4 is 5.32 Å². The number of cyclic esters (lactones) is 1. The van der Waals surface area contributed by atoms with Crippen LogP contribution in [0, 0.1) is 11.8 Å². The van der Waals surface area contributed by atoms with E-state index < -0.39 is 65.5 Å². The lowest BCUT2D eigenvalue weighted by Gasteiger charge is -2.32. The van der Waals surface area contributed by atoms with Crippen molar-refractivity contribution < 1.29 is 47.9 Å². The first kappa shape index (κ1) is 40.1. The summed E-state index contributed by atoms with van der Waals surface area (Å²) in [5, 5.41) is 24.4. The molecule has 49 heavy (non-hydrogen) atoms. The van der Waals surface area contributed by atoms with Gasteiger partial charge in [0.2, 0.25) is 0 Å². The molecule has 0 aromatic heterocycles. The Labute approximate surface area is 289 Å². The van der Waals surface area contributed by atoms with Crippen LogP contribution in [0.5, 0.6) is 0 Å². The molecule has 0 spiro atoms. The molecule has 11 heteroatoms. The van der Waals surface area contributed by atoms with Crippen molar-refractivity contribution in [3.63, 3.8) is 0 Å². The number of benzene rings is 1. The van der Waals surface area contributed by atoms with Crippen LogP contribution in [0.1, 0.15) is 84.5 Å². The number of alkyl halides is 1. The van der Waals surface area contributed by atoms with E-state index in [4.69, 9.17) is 18.9 Å². The molecule has 2 aliphatic heterocycles. The Hall–Kier alpha value is -3.38. The number of hydrogen-bond donors (Lipinski definition) is 3. The van der Waals surface area contributed by atoms with Crippen molar-refractivity contribution in [1.29, 1.82) is 0 Å². The maximum atomic E-state index is 16.7. The highest BCUT2D eigenvalue weighted by molar-refractivity contribution is 5.94. The van der Waals surface area contributed by atoms with Crippen LogP contribution in [-0.2, 0) is 28.5 Å². The number of nitrogens with one attached hydrogen (secondary N) is 1. The summed E-state index contributed by atoms with van der Waals surface area (Å²) in [6.45, 7) is 11.7. The number of aliphatic hydroxyl groups excluding tert-OH is 1. The second kappa shape index (κ2) is 17.5. The maximum Gasteiger partial charge on any atom is 0.309 e. The number of aliphatic hydroxyl groups is 2. The van der Waals surface area contributed by atoms with Crippen LogP contribution in [0.3, 0.4) is 0 Å². The van der Waals surface area contributed by atoms with Crippen molar-refractivity contribution >= 4 is 17.8 Å². The van der Waals surface area contributed by atoms with Gasteiger partial charge in [0, 0.05) is 31.4 Å². The van der Waals surface area contributed by atoms with Crippen LogP contribution in [0.2, 0.25) is 0 Å². The zero-order valence-electron chi connectivity index (χ0n) is 29.9. The third-order valence-corrected chi connectivity index (χ3v) is 9.48. The Morgan fingerprint density at radius 3 is 2.49 bits per heavy atom. The Morgan fingerprint density at radius 2 is 1.88 bits per heavy atom. The van der Waals surface area contributed by atoms with E-state index in [0.29, 0.717) is 11.1 Å². The Balaban J connectivity index is 1.89. The lowest BCUT2D eigenvalue weighted by Crippen LogP contribution is -2.52. The van der Waals surface area contributed by atoms with Gasteiger partial charge in [0.15, 0.2) is 0 Å². The van der Waals surface area contributed by atoms with Crippen LogP contribution in [0.25, 0.3) is 0 Å². The SMILES string of the molecule is CCC(OC)C(C)C1OC1C(NC(=O)c1ccccc1)C(C)(F)C=CC=C(C)C1OC(=O)CC(O)CCC(C)(O)C(OC(C)=O)C=CC1C. The van der Waals surface area contributed by atoms with Crippen molar-refractivity contribution in [2.45, 2.75) is 128 Å². The second-order valence-corrected chi connectivity index (χ2v) is 13.8. The number of hydrogen-bond acceptors (Lipinski definition) is 9. The first-order valence-electron chi connectivity index (χ1n) is 17.0. The van der Waals surface area contributed by atoms with Crippen molar-refractivity contribution in [1.82, 2.24) is 5.32 Å². The number of ether oxygens (including phenoxy) is 4. The Morgan fingerprint density at radius 1 is 1.20 bits per heavy atom. The lowest BCUT2D eigenvalue weighted by atomic mass is 9.87. The monoisotopic (exact) mass is 687 g/mol. The van der Waals surface area contributed by atoms with Crippen LogP contribution in [-0.4, -0.2) is 89.1 Å². The molecule has 1 aromatic carbocycles. The second-order valence-electron chi connectivity index (χ2n) is 13.8. The molecule has 10 nitrogen and oxygen atoms in total. The molecule has 272 valence electrons. The molecule has 1 saturated heterocycles. The maximum absolute atomic E-state index is 16.7. The van der Waals surface area contributed by atoms with E-state index in [1.807, 2.05) is 13.8 Å². The molecule has 1 aromatic rings. The lowest BCUT2D eigenvalue weighted by molar-refractivity contribution is -0.157. The highest BCUT2D eigenvalue weighted by atomic mass is 19.1. The van der Waals surface area contributed by atoms with Gasteiger partial charge in [0.1, 0.15) is 29.6 Å². The summed E-state index contributed by atoms with van der Waals surface area (Å²) in [5.41, 5.74) is -2.58. The molecule has 1 fully saturated rings. The number of amides is 1. The molecule has 11 atom stereocenters. The topological polar surface area (TPSA) is 144 Å². The highest BCUT2D eigenvalue weighted by Gasteiger charge is 2.55. The smallest absolute Gasteiger partial charge is 0.309 e. The van der Waals surface area contributed by atoms with Gasteiger partial charge in [-0.05, 0) is 69.9 Å². The number of carbonyl (C=O) groups is 3. The average Bonchev–Trinajstić information content (AvgIpc) is 3.83. The molecule has 2 aliphatic rings. The summed E-state index contributed by atoms with van der Waals surface area (Å²) in [7, 11) is 1.63. The van der Waals surface area contributed by atoms with Gasteiger partial charge in [-0.2, -0.15) is 0 Å². The van der Waals surface area contributed by atoms with Crippen molar-refractivity contribution in [3.05, 3.63) is 71.8 Å². The van der Waals surface area contributed by atoms with E-state index in [9.17, 15) is 24.6 Å². The average molecular weight is 688 g/mol. The summed E-state index contributed by atoms with van der Waals surface area (Å²) in [4.78, 5) is 37.8. The molecule has 0 saturated carbocycles. The van der Waals surface area contributed by atoms with Gasteiger partial charge in [0.25, 0.3) is 5.91 Å². The van der Waals surface area contributed by atoms with E-state index in [0.717, 1.165) is 6.42 Å². The summed E-state index contributed by atoms with van der Waals surface area (Å²) >= 11 is 0. The fraction of sp³-hybridized carbons (Fsp3) is 0.605. The molecule has 3 N–H and O–H groups in total. The highest BCUT2D eigenvalue weighted by Crippen LogP contribution is 2.40. The minimum Gasteiger partial charge on any atom is -0.457 e. The van der Waals surface area contributed by atoms with Crippen molar-refractivity contribution in [3.8, 4) is 0 Å². The fourth-order valence-corrected chi connectivity index (χ4v) is 6.37. The van der Waals surface area contributed by atoms with Crippen LogP contribution in [0.15, 0.2) is 66.3 Å². The third-order valence-electron chi connectivity index (χ3n) is 9.48. The van der Waals surface area contributed by atoms with Gasteiger partial charge in [-0.25, -0.2) is 4.39 Å². The fourth-order valence-electron chi connectivity index (χ4n) is 6.37. The van der Waals surface area contributed by atoms with Crippen molar-refractivity contribution in [2.24, 2.45) is 11.8 Å². The number of allylic oxidation sites excluding steroid dienone is 2. The van der Waals surface area contributed by atoms with Crippen LogP contribution in [0.4, 0.5) is 4.39 Å². The molecular weight excluding hydrogens is 633 g/mol. The van der Waals surface area contributed by atoms with Gasteiger partial charge in [0.05, 0.1) is 30.8 Å². The molecular formula is C38H54FNO9. The number of rotatable bonds is 12. The molecule has 0 aliphatic carbocycles. The summed E-state index contributed by atoms with van der Waals surface area (Å²) < 4.78 is 39.5. The number of halogens is 1.